The molecule has 0 aliphatic carbocycles. The molecular weight excluding hydrogens is 225 g/mol. The van der Waals surface area contributed by atoms with Crippen LogP contribution < -0.4 is 6.15 Å². The molecule has 1 nitrogen and oxygen atoms in total. The van der Waals surface area contributed by atoms with E-state index in [1.165, 1.54) is 36.5 Å². The standard InChI is InChI=1S/C7H15I.H3N/c1-2-3-4-5-6-7-8;/h2-7H2,1H3;1H3. The van der Waals surface area contributed by atoms with Gasteiger partial charge < -0.3 is 6.15 Å². The summed E-state index contributed by atoms with van der Waals surface area (Å²) in [5, 5.41) is 0. The van der Waals surface area contributed by atoms with E-state index in [4.69, 9.17) is 0 Å². The molecule has 3 N–H and O–H groups in total. The lowest BCUT2D eigenvalue weighted by Gasteiger charge is -1.93. The van der Waals surface area contributed by atoms with Gasteiger partial charge in [0.15, 0.2) is 0 Å². The van der Waals surface area contributed by atoms with Crippen molar-refractivity contribution in [3.8, 4) is 0 Å². The molecule has 9 heavy (non-hydrogen) atoms. The molecule has 0 rings (SSSR count). The summed E-state index contributed by atoms with van der Waals surface area (Å²) in [6, 6.07) is 0. The fourth-order valence-corrected chi connectivity index (χ4v) is 1.24. The molecule has 0 radical (unpaired) electrons. The monoisotopic (exact) mass is 243 g/mol. The zero-order valence-corrected chi connectivity index (χ0v) is 8.49. The first-order valence-electron chi connectivity index (χ1n) is 3.47. The highest BCUT2D eigenvalue weighted by atomic mass is 127. The largest absolute Gasteiger partial charge is 0.344 e. The van der Waals surface area contributed by atoms with Crippen molar-refractivity contribution in [2.75, 3.05) is 4.43 Å². The fourth-order valence-electron chi connectivity index (χ4n) is 0.698. The number of halogens is 1. The first-order valence-corrected chi connectivity index (χ1v) is 5.00. The lowest BCUT2D eigenvalue weighted by molar-refractivity contribution is 0.662. The van der Waals surface area contributed by atoms with Gasteiger partial charge in [0.05, 0.1) is 0 Å². The second-order valence-electron chi connectivity index (χ2n) is 2.10. The topological polar surface area (TPSA) is 35.0 Å². The normalized spacial score (nSPS) is 8.67. The third-order valence-electron chi connectivity index (χ3n) is 1.24. The van der Waals surface area contributed by atoms with E-state index < -0.39 is 0 Å². The highest BCUT2D eigenvalue weighted by molar-refractivity contribution is 14.1. The van der Waals surface area contributed by atoms with E-state index in [0.29, 0.717) is 0 Å². The van der Waals surface area contributed by atoms with Crippen LogP contribution in [0.25, 0.3) is 0 Å². The Kier molecular flexibility index (Phi) is 15.8. The van der Waals surface area contributed by atoms with E-state index in [0.717, 1.165) is 0 Å². The van der Waals surface area contributed by atoms with Crippen LogP contribution in [0.3, 0.4) is 0 Å². The molecule has 0 amide bonds. The van der Waals surface area contributed by atoms with Crippen LogP contribution >= 0.6 is 22.6 Å². The Hall–Kier alpha value is 0.690. The lowest BCUT2D eigenvalue weighted by Crippen LogP contribution is -1.76. The van der Waals surface area contributed by atoms with Crippen molar-refractivity contribution in [1.82, 2.24) is 6.15 Å². The van der Waals surface area contributed by atoms with Gasteiger partial charge in [-0.2, -0.15) is 0 Å². The first-order chi connectivity index (χ1) is 3.91. The molecule has 0 aromatic heterocycles. The SMILES string of the molecule is CCCCCCCI.N. The van der Waals surface area contributed by atoms with Crippen molar-refractivity contribution in [2.24, 2.45) is 0 Å². The molecule has 58 valence electrons. The number of rotatable bonds is 5. The Morgan fingerprint density at radius 3 is 2.00 bits per heavy atom. The van der Waals surface area contributed by atoms with Crippen molar-refractivity contribution in [2.45, 2.75) is 39.0 Å². The maximum Gasteiger partial charge on any atom is -0.000473 e. The Morgan fingerprint density at radius 2 is 1.56 bits per heavy atom. The summed E-state index contributed by atoms with van der Waals surface area (Å²) in [7, 11) is 0. The molecule has 0 unspecified atom stereocenters. The maximum absolute atomic E-state index is 2.44. The number of unbranched alkanes of at least 4 members (excludes halogenated alkanes) is 4. The zero-order chi connectivity index (χ0) is 6.24. The van der Waals surface area contributed by atoms with Gasteiger partial charge >= 0.3 is 0 Å². The average molecular weight is 243 g/mol. The summed E-state index contributed by atoms with van der Waals surface area (Å²) < 4.78 is 1.33. The predicted molar refractivity (Wildman–Crippen MR) is 52.7 cm³/mol. The maximum atomic E-state index is 2.44. The molecule has 0 fully saturated rings. The van der Waals surface area contributed by atoms with Crippen molar-refractivity contribution in [1.29, 1.82) is 0 Å². The Balaban J connectivity index is 0. The third-order valence-corrected chi connectivity index (χ3v) is 2.00. The van der Waals surface area contributed by atoms with Crippen LogP contribution in [0.4, 0.5) is 0 Å². The van der Waals surface area contributed by atoms with Crippen LogP contribution in [0.5, 0.6) is 0 Å². The van der Waals surface area contributed by atoms with Gasteiger partial charge in [-0.05, 0) is 10.8 Å². The van der Waals surface area contributed by atoms with Crippen molar-refractivity contribution in [3.05, 3.63) is 0 Å². The van der Waals surface area contributed by atoms with Gasteiger partial charge in [-0.1, -0.05) is 55.2 Å². The second kappa shape index (κ2) is 11.5. The number of hydrogen-bond acceptors (Lipinski definition) is 1. The predicted octanol–water partition coefficient (Wildman–Crippen LogP) is 3.55. The summed E-state index contributed by atoms with van der Waals surface area (Å²) in [6.07, 6.45) is 7.09. The summed E-state index contributed by atoms with van der Waals surface area (Å²) >= 11 is 2.44. The van der Waals surface area contributed by atoms with Crippen LogP contribution in [0.15, 0.2) is 0 Å². The molecule has 0 saturated carbocycles. The quantitative estimate of drug-likeness (QED) is 0.447. The second-order valence-corrected chi connectivity index (χ2v) is 3.18. The minimum atomic E-state index is 0. The fraction of sp³-hybridized carbons (Fsp3) is 1.00. The molecule has 0 heterocycles. The van der Waals surface area contributed by atoms with Gasteiger partial charge in [0, 0.05) is 0 Å². The van der Waals surface area contributed by atoms with Gasteiger partial charge in [0.1, 0.15) is 0 Å². The van der Waals surface area contributed by atoms with E-state index in [1.54, 1.807) is 0 Å². The van der Waals surface area contributed by atoms with Crippen molar-refractivity contribution >= 4 is 22.6 Å². The van der Waals surface area contributed by atoms with Crippen LogP contribution in [0.2, 0.25) is 0 Å². The summed E-state index contributed by atoms with van der Waals surface area (Å²) in [4.78, 5) is 0. The first kappa shape index (κ1) is 12.4. The van der Waals surface area contributed by atoms with E-state index in [2.05, 4.69) is 29.5 Å². The summed E-state index contributed by atoms with van der Waals surface area (Å²) in [5.41, 5.74) is 0. The van der Waals surface area contributed by atoms with Gasteiger partial charge in [-0.3, -0.25) is 0 Å². The number of hydrogen-bond donors (Lipinski definition) is 1. The molecule has 0 saturated heterocycles. The van der Waals surface area contributed by atoms with Gasteiger partial charge in [-0.15, -0.1) is 0 Å². The Morgan fingerprint density at radius 1 is 1.00 bits per heavy atom. The minimum absolute atomic E-state index is 0. The van der Waals surface area contributed by atoms with E-state index in [1.807, 2.05) is 0 Å². The van der Waals surface area contributed by atoms with E-state index in [-0.39, 0.29) is 6.15 Å². The highest BCUT2D eigenvalue weighted by Gasteiger charge is 1.84. The van der Waals surface area contributed by atoms with Crippen molar-refractivity contribution in [3.63, 3.8) is 0 Å². The average Bonchev–Trinajstić information content (AvgIpc) is 1.81. The van der Waals surface area contributed by atoms with Crippen LogP contribution in [-0.4, -0.2) is 4.43 Å². The summed E-state index contributed by atoms with van der Waals surface area (Å²) in [6.45, 7) is 2.25. The lowest BCUT2D eigenvalue weighted by atomic mass is 10.2. The summed E-state index contributed by atoms with van der Waals surface area (Å²) in [5.74, 6) is 0. The Bertz CT molecular complexity index is 33.9. The van der Waals surface area contributed by atoms with Crippen LogP contribution in [0, 0.1) is 0 Å². The van der Waals surface area contributed by atoms with Crippen LogP contribution in [0.1, 0.15) is 39.0 Å². The van der Waals surface area contributed by atoms with Crippen molar-refractivity contribution < 1.29 is 0 Å². The third kappa shape index (κ3) is 12.0. The number of alkyl halides is 1. The molecule has 0 aliphatic rings. The van der Waals surface area contributed by atoms with Gasteiger partial charge in [0.25, 0.3) is 0 Å². The molecule has 0 spiro atoms. The smallest absolute Gasteiger partial charge is 0.000473 e. The zero-order valence-electron chi connectivity index (χ0n) is 6.33. The van der Waals surface area contributed by atoms with E-state index >= 15 is 0 Å². The molecule has 0 aliphatic heterocycles. The molecule has 0 aromatic carbocycles. The molecule has 2 heteroatoms. The molecule has 0 bridgehead atoms. The highest BCUT2D eigenvalue weighted by Crippen LogP contribution is 2.03. The van der Waals surface area contributed by atoms with Crippen LogP contribution in [-0.2, 0) is 0 Å². The Labute approximate surface area is 72.3 Å². The molecule has 0 aromatic rings. The molecular formula is C7H18IN. The van der Waals surface area contributed by atoms with Gasteiger partial charge in [0.2, 0.25) is 0 Å². The van der Waals surface area contributed by atoms with Gasteiger partial charge in [-0.25, -0.2) is 0 Å². The van der Waals surface area contributed by atoms with E-state index in [9.17, 15) is 0 Å². The minimum Gasteiger partial charge on any atom is -0.344 e. The molecule has 0 atom stereocenters.